The first-order valence-electron chi connectivity index (χ1n) is 7.31. The molecule has 1 aliphatic heterocycles. The second-order valence-electron chi connectivity index (χ2n) is 5.88. The lowest BCUT2D eigenvalue weighted by Crippen LogP contribution is -2.29. The molecule has 2 aromatic carbocycles. The molecule has 0 aromatic heterocycles. The normalized spacial score (nSPS) is 25.5. The maximum absolute atomic E-state index is 13.6. The standard InChI is InChI=1S/C18H14Cl2FN/c19-11-8-15(20)17-13-5-2-6-14(13)18(22-16(17)9-11)10-3-1-4-12(21)7-10/h1-5,7-9,13-14,18,22H,6H2/t13-,14+,18+/m1/s1. The molecular formula is C18H14Cl2FN. The van der Waals surface area contributed by atoms with Gasteiger partial charge in [-0.05, 0) is 42.2 Å². The van der Waals surface area contributed by atoms with Gasteiger partial charge in [-0.1, -0.05) is 47.5 Å². The summed E-state index contributed by atoms with van der Waals surface area (Å²) in [6.07, 6.45) is 5.34. The van der Waals surface area contributed by atoms with E-state index < -0.39 is 0 Å². The molecule has 0 bridgehead atoms. The Morgan fingerprint density at radius 3 is 2.82 bits per heavy atom. The van der Waals surface area contributed by atoms with Gasteiger partial charge < -0.3 is 5.32 Å². The van der Waals surface area contributed by atoms with Crippen LogP contribution in [-0.2, 0) is 0 Å². The Balaban J connectivity index is 1.84. The van der Waals surface area contributed by atoms with Crippen LogP contribution in [0.4, 0.5) is 10.1 Å². The summed E-state index contributed by atoms with van der Waals surface area (Å²) in [7, 11) is 0. The number of allylic oxidation sites excluding steroid dienone is 2. The van der Waals surface area contributed by atoms with E-state index in [1.807, 2.05) is 12.1 Å². The first-order valence-corrected chi connectivity index (χ1v) is 8.06. The molecule has 0 saturated carbocycles. The van der Waals surface area contributed by atoms with Gasteiger partial charge in [-0.3, -0.25) is 0 Å². The van der Waals surface area contributed by atoms with E-state index in [2.05, 4.69) is 17.5 Å². The fourth-order valence-corrected chi connectivity index (χ4v) is 4.29. The Hall–Kier alpha value is -1.51. The van der Waals surface area contributed by atoms with Crippen LogP contribution in [0.5, 0.6) is 0 Å². The number of halogens is 3. The molecule has 4 rings (SSSR count). The SMILES string of the molecule is Fc1cccc([C@@H]2Nc3cc(Cl)cc(Cl)c3[C@@H]3C=CC[C@@H]32)c1. The van der Waals surface area contributed by atoms with Crippen LogP contribution in [0.2, 0.25) is 10.0 Å². The highest BCUT2D eigenvalue weighted by molar-refractivity contribution is 6.35. The minimum atomic E-state index is -0.211. The quantitative estimate of drug-likeness (QED) is 0.635. The Morgan fingerprint density at radius 1 is 1.14 bits per heavy atom. The van der Waals surface area contributed by atoms with E-state index in [1.165, 1.54) is 6.07 Å². The second kappa shape index (κ2) is 5.29. The average Bonchev–Trinajstić information content (AvgIpc) is 2.94. The first-order chi connectivity index (χ1) is 10.6. The first kappa shape index (κ1) is 14.1. The molecule has 22 heavy (non-hydrogen) atoms. The minimum absolute atomic E-state index is 0.0535. The molecule has 1 heterocycles. The van der Waals surface area contributed by atoms with Gasteiger partial charge >= 0.3 is 0 Å². The van der Waals surface area contributed by atoms with Crippen molar-refractivity contribution in [3.63, 3.8) is 0 Å². The molecule has 1 aliphatic carbocycles. The van der Waals surface area contributed by atoms with E-state index in [9.17, 15) is 4.39 Å². The Bertz CT molecular complexity index is 772. The number of nitrogens with one attached hydrogen (secondary N) is 1. The summed E-state index contributed by atoms with van der Waals surface area (Å²) in [5, 5.41) is 4.81. The van der Waals surface area contributed by atoms with Gasteiger partial charge in [0.1, 0.15) is 5.82 Å². The highest BCUT2D eigenvalue weighted by atomic mass is 35.5. The van der Waals surface area contributed by atoms with Crippen LogP contribution < -0.4 is 5.32 Å². The summed E-state index contributed by atoms with van der Waals surface area (Å²) >= 11 is 12.6. The number of hydrogen-bond acceptors (Lipinski definition) is 1. The Kier molecular flexibility index (Phi) is 3.39. The van der Waals surface area contributed by atoms with Crippen molar-refractivity contribution in [3.05, 3.63) is 75.5 Å². The topological polar surface area (TPSA) is 12.0 Å². The van der Waals surface area contributed by atoms with Gasteiger partial charge in [-0.2, -0.15) is 0 Å². The van der Waals surface area contributed by atoms with E-state index in [0.717, 1.165) is 23.2 Å². The number of benzene rings is 2. The van der Waals surface area contributed by atoms with E-state index in [1.54, 1.807) is 18.2 Å². The predicted molar refractivity (Wildman–Crippen MR) is 89.2 cm³/mol. The van der Waals surface area contributed by atoms with Gasteiger partial charge in [-0.25, -0.2) is 4.39 Å². The molecule has 3 atom stereocenters. The van der Waals surface area contributed by atoms with Crippen LogP contribution in [-0.4, -0.2) is 0 Å². The van der Waals surface area contributed by atoms with Gasteiger partial charge in [0.25, 0.3) is 0 Å². The van der Waals surface area contributed by atoms with Crippen molar-refractivity contribution < 1.29 is 4.39 Å². The predicted octanol–water partition coefficient (Wildman–Crippen LogP) is 5.96. The van der Waals surface area contributed by atoms with Crippen molar-refractivity contribution in [1.29, 1.82) is 0 Å². The molecule has 0 fully saturated rings. The third-order valence-electron chi connectivity index (χ3n) is 4.59. The van der Waals surface area contributed by atoms with Crippen LogP contribution in [0.15, 0.2) is 48.6 Å². The van der Waals surface area contributed by atoms with Crippen LogP contribution in [0.3, 0.4) is 0 Å². The van der Waals surface area contributed by atoms with Crippen LogP contribution in [0.1, 0.15) is 29.5 Å². The maximum Gasteiger partial charge on any atom is 0.123 e. The third-order valence-corrected chi connectivity index (χ3v) is 5.12. The summed E-state index contributed by atoms with van der Waals surface area (Å²) in [6.45, 7) is 0. The van der Waals surface area contributed by atoms with Gasteiger partial charge in [0.05, 0.1) is 6.04 Å². The maximum atomic E-state index is 13.6. The molecule has 4 heteroatoms. The van der Waals surface area contributed by atoms with E-state index in [4.69, 9.17) is 23.2 Å². The zero-order valence-electron chi connectivity index (χ0n) is 11.7. The highest BCUT2D eigenvalue weighted by Crippen LogP contribution is 2.52. The molecule has 0 unspecified atom stereocenters. The molecule has 112 valence electrons. The number of anilines is 1. The number of rotatable bonds is 1. The third kappa shape index (κ3) is 2.22. The van der Waals surface area contributed by atoms with E-state index in [-0.39, 0.29) is 17.8 Å². The number of hydrogen-bond donors (Lipinski definition) is 1. The van der Waals surface area contributed by atoms with Crippen molar-refractivity contribution in [2.75, 3.05) is 5.32 Å². The average molecular weight is 334 g/mol. The molecule has 2 aliphatic rings. The lowest BCUT2D eigenvalue weighted by Gasteiger charge is -2.38. The van der Waals surface area contributed by atoms with E-state index >= 15 is 0 Å². The summed E-state index contributed by atoms with van der Waals surface area (Å²) < 4.78 is 13.6. The fraction of sp³-hybridized carbons (Fsp3) is 0.222. The molecule has 0 saturated heterocycles. The van der Waals surface area contributed by atoms with Crippen LogP contribution >= 0.6 is 23.2 Å². The smallest absolute Gasteiger partial charge is 0.123 e. The van der Waals surface area contributed by atoms with Crippen molar-refractivity contribution in [1.82, 2.24) is 0 Å². The second-order valence-corrected chi connectivity index (χ2v) is 6.72. The lowest BCUT2D eigenvalue weighted by molar-refractivity contribution is 0.424. The van der Waals surface area contributed by atoms with Crippen molar-refractivity contribution in [2.24, 2.45) is 5.92 Å². The van der Waals surface area contributed by atoms with Gasteiger partial charge in [0, 0.05) is 27.2 Å². The molecule has 1 N–H and O–H groups in total. The number of fused-ring (bicyclic) bond motifs is 3. The van der Waals surface area contributed by atoms with Crippen LogP contribution in [0.25, 0.3) is 0 Å². The van der Waals surface area contributed by atoms with Crippen molar-refractivity contribution in [2.45, 2.75) is 18.4 Å². The van der Waals surface area contributed by atoms with Gasteiger partial charge in [0.15, 0.2) is 0 Å². The summed E-state index contributed by atoms with van der Waals surface area (Å²) in [6, 6.07) is 10.5. The zero-order chi connectivity index (χ0) is 15.3. The lowest BCUT2D eigenvalue weighted by atomic mass is 9.77. The molecule has 0 amide bonds. The fourth-order valence-electron chi connectivity index (χ4n) is 3.67. The van der Waals surface area contributed by atoms with Gasteiger partial charge in [0.2, 0.25) is 0 Å². The molecule has 0 spiro atoms. The summed E-state index contributed by atoms with van der Waals surface area (Å²) in [5.74, 6) is 0.374. The monoisotopic (exact) mass is 333 g/mol. The summed E-state index contributed by atoms with van der Waals surface area (Å²) in [4.78, 5) is 0. The Morgan fingerprint density at radius 2 is 2.00 bits per heavy atom. The Labute approximate surface area is 138 Å². The largest absolute Gasteiger partial charge is 0.378 e. The van der Waals surface area contributed by atoms with Crippen molar-refractivity contribution >= 4 is 28.9 Å². The molecular weight excluding hydrogens is 320 g/mol. The molecule has 1 nitrogen and oxygen atoms in total. The van der Waals surface area contributed by atoms with Gasteiger partial charge in [-0.15, -0.1) is 0 Å². The highest BCUT2D eigenvalue weighted by Gasteiger charge is 2.39. The minimum Gasteiger partial charge on any atom is -0.378 e. The molecule has 0 radical (unpaired) electrons. The van der Waals surface area contributed by atoms with Crippen molar-refractivity contribution in [3.8, 4) is 0 Å². The zero-order valence-corrected chi connectivity index (χ0v) is 13.2. The van der Waals surface area contributed by atoms with E-state index in [0.29, 0.717) is 16.0 Å². The molecule has 2 aromatic rings. The van der Waals surface area contributed by atoms with Crippen LogP contribution in [0, 0.1) is 11.7 Å². The summed E-state index contributed by atoms with van der Waals surface area (Å²) in [5.41, 5.74) is 3.00.